The van der Waals surface area contributed by atoms with Gasteiger partial charge in [0.25, 0.3) is 5.91 Å². The lowest BCUT2D eigenvalue weighted by Crippen LogP contribution is -2.33. The van der Waals surface area contributed by atoms with Crippen LogP contribution in [0.5, 0.6) is 0 Å². The molecule has 2 heterocycles. The molecule has 0 radical (unpaired) electrons. The highest BCUT2D eigenvalue weighted by Gasteiger charge is 2.33. The largest absolute Gasteiger partial charge is 0.480 e. The van der Waals surface area contributed by atoms with Gasteiger partial charge in [0.05, 0.1) is 15.6 Å². The van der Waals surface area contributed by atoms with Gasteiger partial charge in [-0.2, -0.15) is 0 Å². The van der Waals surface area contributed by atoms with E-state index in [0.29, 0.717) is 15.6 Å². The molecule has 0 unspecified atom stereocenters. The Morgan fingerprint density at radius 2 is 1.97 bits per heavy atom. The monoisotopic (exact) mass is 563 g/mol. The highest BCUT2D eigenvalue weighted by molar-refractivity contribution is 9.10. The van der Waals surface area contributed by atoms with Gasteiger partial charge in [0.1, 0.15) is 17.4 Å². The number of benzene rings is 2. The Bertz CT molecular complexity index is 1350. The second kappa shape index (κ2) is 9.68. The molecule has 1 fully saturated rings. The van der Waals surface area contributed by atoms with E-state index < -0.39 is 18.4 Å². The van der Waals surface area contributed by atoms with Crippen molar-refractivity contribution in [1.29, 1.82) is 0 Å². The van der Waals surface area contributed by atoms with Gasteiger partial charge in [-0.15, -0.1) is 0 Å². The number of nitrogens with zero attached hydrogens (tertiary/aromatic N) is 2. The van der Waals surface area contributed by atoms with Crippen LogP contribution >= 0.6 is 51.5 Å². The van der Waals surface area contributed by atoms with Crippen LogP contribution in [0.15, 0.2) is 58.0 Å². The molecule has 1 aliphatic rings. The third kappa shape index (κ3) is 5.14. The predicted molar refractivity (Wildman–Crippen MR) is 137 cm³/mol. The van der Waals surface area contributed by atoms with E-state index in [4.69, 9.17) is 28.9 Å². The van der Waals surface area contributed by atoms with Gasteiger partial charge < -0.3 is 15.0 Å². The summed E-state index contributed by atoms with van der Waals surface area (Å²) in [6.07, 6.45) is 3.45. The van der Waals surface area contributed by atoms with Crippen molar-refractivity contribution in [3.8, 4) is 0 Å². The Morgan fingerprint density at radius 1 is 1.21 bits per heavy atom. The normalized spacial score (nSPS) is 15.0. The number of hydrogen-bond acceptors (Lipinski definition) is 5. The summed E-state index contributed by atoms with van der Waals surface area (Å²) in [6.45, 7) is -0.455. The SMILES string of the molecule is O=C(O)CN1C(=O)C(=Cc2cn(CC(=O)Nc3ccc(Br)cc3Cl)c3ccccc23)SC1=S. The molecule has 168 valence electrons. The van der Waals surface area contributed by atoms with Crippen molar-refractivity contribution in [2.45, 2.75) is 6.54 Å². The van der Waals surface area contributed by atoms with Crippen LogP contribution in [-0.2, 0) is 20.9 Å². The molecule has 1 saturated heterocycles. The number of carbonyl (C=O) groups excluding carboxylic acids is 2. The number of nitrogens with one attached hydrogen (secondary N) is 1. The number of aromatic nitrogens is 1. The number of aliphatic carboxylic acids is 1. The van der Waals surface area contributed by atoms with Gasteiger partial charge >= 0.3 is 5.97 Å². The first-order valence-corrected chi connectivity index (χ1v) is 11.9. The fourth-order valence-corrected chi connectivity index (χ4v) is 5.34. The van der Waals surface area contributed by atoms with Gasteiger partial charge in [0.2, 0.25) is 5.91 Å². The summed E-state index contributed by atoms with van der Waals surface area (Å²) in [6, 6.07) is 12.7. The Labute approximate surface area is 211 Å². The van der Waals surface area contributed by atoms with Gasteiger partial charge in [0.15, 0.2) is 0 Å². The molecule has 3 aromatic rings. The van der Waals surface area contributed by atoms with E-state index in [9.17, 15) is 14.4 Å². The number of carbonyl (C=O) groups is 3. The average molecular weight is 565 g/mol. The molecule has 33 heavy (non-hydrogen) atoms. The zero-order valence-electron chi connectivity index (χ0n) is 16.7. The molecular formula is C22H15BrClN3O4S2. The number of halogens is 2. The number of rotatable bonds is 6. The van der Waals surface area contributed by atoms with Crippen LogP contribution in [0.2, 0.25) is 5.02 Å². The molecule has 0 spiro atoms. The van der Waals surface area contributed by atoms with Crippen LogP contribution in [0.3, 0.4) is 0 Å². The fourth-order valence-electron chi connectivity index (χ4n) is 3.37. The lowest BCUT2D eigenvalue weighted by Gasteiger charge is -2.10. The molecule has 4 rings (SSSR count). The number of carboxylic acid groups (broad SMARTS) is 1. The highest BCUT2D eigenvalue weighted by atomic mass is 79.9. The molecule has 7 nitrogen and oxygen atoms in total. The quantitative estimate of drug-likeness (QED) is 0.324. The van der Waals surface area contributed by atoms with Gasteiger partial charge in [-0.25, -0.2) is 0 Å². The van der Waals surface area contributed by atoms with E-state index in [-0.39, 0.29) is 16.8 Å². The molecule has 0 atom stereocenters. The van der Waals surface area contributed by atoms with Crippen molar-refractivity contribution in [3.63, 3.8) is 0 Å². The third-order valence-corrected chi connectivity index (χ3v) is 6.98. The summed E-state index contributed by atoms with van der Waals surface area (Å²) >= 11 is 15.7. The number of hydrogen-bond donors (Lipinski definition) is 2. The minimum Gasteiger partial charge on any atom is -0.480 e. The first-order chi connectivity index (χ1) is 15.7. The smallest absolute Gasteiger partial charge is 0.323 e. The third-order valence-electron chi connectivity index (χ3n) is 4.79. The lowest BCUT2D eigenvalue weighted by molar-refractivity contribution is -0.140. The maximum Gasteiger partial charge on any atom is 0.323 e. The zero-order chi connectivity index (χ0) is 23.7. The summed E-state index contributed by atoms with van der Waals surface area (Å²) in [4.78, 5) is 37.8. The second-order valence-corrected chi connectivity index (χ2v) is 10.1. The summed E-state index contributed by atoms with van der Waals surface area (Å²) in [5.41, 5.74) is 2.03. The molecule has 2 amide bonds. The van der Waals surface area contributed by atoms with Crippen molar-refractivity contribution < 1.29 is 19.5 Å². The second-order valence-electron chi connectivity index (χ2n) is 7.06. The number of anilines is 1. The summed E-state index contributed by atoms with van der Waals surface area (Å²) < 4.78 is 2.78. The van der Waals surface area contributed by atoms with Crippen molar-refractivity contribution in [1.82, 2.24) is 9.47 Å². The predicted octanol–water partition coefficient (Wildman–Crippen LogP) is 4.98. The van der Waals surface area contributed by atoms with Crippen LogP contribution < -0.4 is 5.32 Å². The zero-order valence-corrected chi connectivity index (χ0v) is 20.7. The van der Waals surface area contributed by atoms with Crippen molar-refractivity contribution in [2.75, 3.05) is 11.9 Å². The van der Waals surface area contributed by atoms with Crippen molar-refractivity contribution in [2.24, 2.45) is 0 Å². The lowest BCUT2D eigenvalue weighted by atomic mass is 10.1. The number of amides is 2. The van der Waals surface area contributed by atoms with Crippen LogP contribution in [0.25, 0.3) is 17.0 Å². The molecule has 0 saturated carbocycles. The number of thiocarbonyl (C=S) groups is 1. The number of fused-ring (bicyclic) bond motifs is 1. The number of carboxylic acids is 1. The van der Waals surface area contributed by atoms with E-state index in [1.54, 1.807) is 35.0 Å². The van der Waals surface area contributed by atoms with E-state index in [1.165, 1.54) is 0 Å². The van der Waals surface area contributed by atoms with E-state index in [1.807, 2.05) is 24.3 Å². The summed E-state index contributed by atoms with van der Waals surface area (Å²) in [5.74, 6) is -1.85. The average Bonchev–Trinajstić information content (AvgIpc) is 3.22. The van der Waals surface area contributed by atoms with E-state index in [0.717, 1.165) is 37.6 Å². The Morgan fingerprint density at radius 3 is 2.70 bits per heavy atom. The molecule has 0 bridgehead atoms. The molecule has 11 heteroatoms. The minimum atomic E-state index is -1.14. The number of para-hydroxylation sites is 1. The highest BCUT2D eigenvalue weighted by Crippen LogP contribution is 2.34. The van der Waals surface area contributed by atoms with Crippen molar-refractivity contribution >= 4 is 96.3 Å². The maximum absolute atomic E-state index is 12.7. The summed E-state index contributed by atoms with van der Waals surface area (Å²) in [5, 5.41) is 13.1. The minimum absolute atomic E-state index is 0.0285. The number of thioether (sulfide) groups is 1. The van der Waals surface area contributed by atoms with Gasteiger partial charge in [-0.1, -0.05) is 69.7 Å². The van der Waals surface area contributed by atoms with Crippen LogP contribution in [0.1, 0.15) is 5.56 Å². The first-order valence-electron chi connectivity index (χ1n) is 9.53. The van der Waals surface area contributed by atoms with Crippen LogP contribution in [0, 0.1) is 0 Å². The molecule has 1 aliphatic heterocycles. The van der Waals surface area contributed by atoms with E-state index in [2.05, 4.69) is 21.2 Å². The summed E-state index contributed by atoms with van der Waals surface area (Å²) in [7, 11) is 0. The van der Waals surface area contributed by atoms with Gasteiger partial charge in [-0.05, 0) is 30.3 Å². The standard InChI is InChI=1S/C22H15BrClN3O4S2/c23-13-5-6-16(15(24)8-13)25-19(28)10-26-9-12(14-3-1-2-4-17(14)26)7-18-21(31)27(11-20(29)30)22(32)33-18/h1-9H,10-11H2,(H,25,28)(H,29,30). The molecule has 0 aliphatic carbocycles. The Hall–Kier alpha value is -2.66. The van der Waals surface area contributed by atoms with E-state index >= 15 is 0 Å². The molecule has 2 aromatic carbocycles. The molecular weight excluding hydrogens is 550 g/mol. The topological polar surface area (TPSA) is 91.6 Å². The van der Waals surface area contributed by atoms with Gasteiger partial charge in [-0.3, -0.25) is 19.3 Å². The van der Waals surface area contributed by atoms with Crippen molar-refractivity contribution in [3.05, 3.63) is 68.6 Å². The molecule has 1 aromatic heterocycles. The first kappa shape index (κ1) is 23.5. The van der Waals surface area contributed by atoms with Crippen LogP contribution in [0.4, 0.5) is 5.69 Å². The maximum atomic E-state index is 12.7. The Kier molecular flexibility index (Phi) is 6.89. The molecule has 2 N–H and O–H groups in total. The Balaban J connectivity index is 1.61. The van der Waals surface area contributed by atoms with Crippen LogP contribution in [-0.4, -0.2) is 43.2 Å². The van der Waals surface area contributed by atoms with Gasteiger partial charge in [0, 0.05) is 27.1 Å². The fraction of sp³-hybridized carbons (Fsp3) is 0.0909.